The Kier molecular flexibility index (Phi) is 5.90. The molecule has 1 saturated heterocycles. The normalized spacial score (nSPS) is 22.1. The maximum atomic E-state index is 12.8. The Hall–Kier alpha value is -3.18. The molecule has 3 atom stereocenters. The fraction of sp³-hybridized carbons (Fsp3) is 0.538. The van der Waals surface area contributed by atoms with Crippen LogP contribution in [0.1, 0.15) is 68.9 Å². The number of nitriles is 1. The zero-order chi connectivity index (χ0) is 24.0. The van der Waals surface area contributed by atoms with Gasteiger partial charge in [-0.15, -0.1) is 0 Å². The summed E-state index contributed by atoms with van der Waals surface area (Å²) in [6.45, 7) is 8.41. The number of pyridine rings is 1. The molecule has 0 radical (unpaired) electrons. The van der Waals surface area contributed by atoms with Crippen LogP contribution in [0.4, 0.5) is 5.82 Å². The lowest BCUT2D eigenvalue weighted by atomic mass is 9.99. The molecule has 178 valence electrons. The summed E-state index contributed by atoms with van der Waals surface area (Å²) < 4.78 is 3.42. The lowest BCUT2D eigenvalue weighted by molar-refractivity contribution is 0.105. The zero-order valence-electron chi connectivity index (χ0n) is 20.5. The first-order chi connectivity index (χ1) is 16.4. The number of hydrogen-bond donors (Lipinski definition) is 0. The molecular weight excluding hydrogens is 426 g/mol. The van der Waals surface area contributed by atoms with Gasteiger partial charge in [0.2, 0.25) is 0 Å². The average molecular weight is 460 g/mol. The molecule has 1 aliphatic heterocycles. The molecule has 0 N–H and O–H groups in total. The Labute approximate surface area is 200 Å². The van der Waals surface area contributed by atoms with E-state index in [0.29, 0.717) is 23.3 Å². The Bertz CT molecular complexity index is 1280. The number of fused-ring (bicyclic) bond motifs is 1. The molecule has 0 aromatic carbocycles. The van der Waals surface area contributed by atoms with Gasteiger partial charge >= 0.3 is 0 Å². The minimum Gasteiger partial charge on any atom is -0.351 e. The first-order valence-corrected chi connectivity index (χ1v) is 12.3. The summed E-state index contributed by atoms with van der Waals surface area (Å²) >= 11 is 0. The highest BCUT2D eigenvalue weighted by Gasteiger charge is 2.35. The van der Waals surface area contributed by atoms with E-state index in [2.05, 4.69) is 60.1 Å². The van der Waals surface area contributed by atoms with Gasteiger partial charge in [0.05, 0.1) is 18.2 Å². The Morgan fingerprint density at radius 1 is 1.24 bits per heavy atom. The van der Waals surface area contributed by atoms with E-state index in [1.165, 1.54) is 24.1 Å². The molecule has 2 aliphatic rings. The van der Waals surface area contributed by atoms with Crippen LogP contribution in [0.5, 0.6) is 0 Å². The summed E-state index contributed by atoms with van der Waals surface area (Å²) in [6, 6.07) is 10.9. The van der Waals surface area contributed by atoms with Crippen molar-refractivity contribution < 1.29 is 0 Å². The van der Waals surface area contributed by atoms with Crippen molar-refractivity contribution in [3.05, 3.63) is 57.8 Å². The molecule has 0 bridgehead atoms. The standard InChI is InChI=1S/C26H33N7O/c1-5-22-16-31(25-13-26(34)30(4)24-12-21(10-11-27)29-33(24)25)17(2)15-32(22)18(3)20-8-9-23(28-14-20)19-6-7-19/h8-9,12-14,17-19,22H,5-7,10,15-16H2,1-4H3/t17-,18?,22+/m0/s1. The second-order valence-corrected chi connectivity index (χ2v) is 9.87. The van der Waals surface area contributed by atoms with Crippen LogP contribution in [0.2, 0.25) is 0 Å². The molecule has 2 fully saturated rings. The predicted octanol–water partition coefficient (Wildman–Crippen LogP) is 3.42. The monoisotopic (exact) mass is 459 g/mol. The number of hydrogen-bond acceptors (Lipinski definition) is 6. The molecule has 1 unspecified atom stereocenters. The van der Waals surface area contributed by atoms with Gasteiger partial charge in [0.25, 0.3) is 5.56 Å². The smallest absolute Gasteiger partial charge is 0.255 e. The van der Waals surface area contributed by atoms with Crippen molar-refractivity contribution in [1.29, 1.82) is 5.26 Å². The summed E-state index contributed by atoms with van der Waals surface area (Å²) in [5, 5.41) is 13.8. The first kappa shape index (κ1) is 22.6. The number of rotatable bonds is 6. The number of aromatic nitrogens is 4. The first-order valence-electron chi connectivity index (χ1n) is 12.3. The van der Waals surface area contributed by atoms with E-state index >= 15 is 0 Å². The van der Waals surface area contributed by atoms with E-state index < -0.39 is 0 Å². The van der Waals surface area contributed by atoms with E-state index in [-0.39, 0.29) is 24.1 Å². The molecular formula is C26H33N7O. The van der Waals surface area contributed by atoms with Crippen molar-refractivity contribution in [3.63, 3.8) is 0 Å². The number of aryl methyl sites for hydroxylation is 1. The highest BCUT2D eigenvalue weighted by Crippen LogP contribution is 2.39. The fourth-order valence-electron chi connectivity index (χ4n) is 5.28. The molecule has 8 nitrogen and oxygen atoms in total. The topological polar surface area (TPSA) is 82.5 Å². The van der Waals surface area contributed by atoms with Crippen molar-refractivity contribution in [1.82, 2.24) is 24.1 Å². The summed E-state index contributed by atoms with van der Waals surface area (Å²) in [5.74, 6) is 1.47. The van der Waals surface area contributed by atoms with Crippen molar-refractivity contribution in [3.8, 4) is 6.07 Å². The van der Waals surface area contributed by atoms with Crippen LogP contribution in [0.15, 0.2) is 35.3 Å². The SMILES string of the molecule is CC[C@@H]1CN(c2cc(=O)n(C)c3cc(CC#N)nn23)[C@@H](C)CN1C(C)c1ccc(C2CC2)nc1. The lowest BCUT2D eigenvalue weighted by Gasteiger charge is -2.48. The largest absolute Gasteiger partial charge is 0.351 e. The average Bonchev–Trinajstić information content (AvgIpc) is 3.61. The van der Waals surface area contributed by atoms with Crippen LogP contribution < -0.4 is 10.5 Å². The fourth-order valence-corrected chi connectivity index (χ4v) is 5.28. The number of piperazine rings is 1. The molecule has 1 saturated carbocycles. The lowest BCUT2D eigenvalue weighted by Crippen LogP contribution is -2.58. The second kappa shape index (κ2) is 8.88. The van der Waals surface area contributed by atoms with Crippen molar-refractivity contribution in [2.24, 2.45) is 7.05 Å². The maximum Gasteiger partial charge on any atom is 0.255 e. The molecule has 34 heavy (non-hydrogen) atoms. The highest BCUT2D eigenvalue weighted by atomic mass is 16.1. The summed E-state index contributed by atoms with van der Waals surface area (Å²) in [7, 11) is 1.75. The molecule has 3 aromatic heterocycles. The molecule has 0 amide bonds. The number of nitrogens with zero attached hydrogens (tertiary/aromatic N) is 7. The number of anilines is 1. The van der Waals surface area contributed by atoms with Crippen LogP contribution in [-0.4, -0.2) is 49.2 Å². The summed E-state index contributed by atoms with van der Waals surface area (Å²) in [5.41, 5.74) is 3.81. The van der Waals surface area contributed by atoms with E-state index in [1.807, 2.05) is 10.6 Å². The highest BCUT2D eigenvalue weighted by molar-refractivity contribution is 5.52. The summed E-state index contributed by atoms with van der Waals surface area (Å²) in [4.78, 5) is 22.4. The van der Waals surface area contributed by atoms with E-state index in [4.69, 9.17) is 10.2 Å². The molecule has 0 spiro atoms. The Balaban J connectivity index is 1.44. The maximum absolute atomic E-state index is 12.8. The van der Waals surface area contributed by atoms with Crippen LogP contribution in [0.3, 0.4) is 0 Å². The van der Waals surface area contributed by atoms with Gasteiger partial charge in [0.1, 0.15) is 11.5 Å². The minimum absolute atomic E-state index is 0.0659. The third-order valence-corrected chi connectivity index (χ3v) is 7.58. The van der Waals surface area contributed by atoms with Gasteiger partial charge in [0.15, 0.2) is 0 Å². The predicted molar refractivity (Wildman–Crippen MR) is 132 cm³/mol. The van der Waals surface area contributed by atoms with Crippen molar-refractivity contribution >= 4 is 11.5 Å². The molecule has 8 heteroatoms. The van der Waals surface area contributed by atoms with Crippen LogP contribution in [-0.2, 0) is 13.5 Å². The van der Waals surface area contributed by atoms with Crippen LogP contribution in [0, 0.1) is 11.3 Å². The van der Waals surface area contributed by atoms with Gasteiger partial charge in [-0.1, -0.05) is 13.0 Å². The Morgan fingerprint density at radius 3 is 2.68 bits per heavy atom. The van der Waals surface area contributed by atoms with E-state index in [0.717, 1.165) is 25.3 Å². The van der Waals surface area contributed by atoms with Gasteiger partial charge < -0.3 is 4.90 Å². The van der Waals surface area contributed by atoms with E-state index in [9.17, 15) is 4.79 Å². The van der Waals surface area contributed by atoms with Crippen molar-refractivity contribution in [2.75, 3.05) is 18.0 Å². The molecule has 5 rings (SSSR count). The quantitative estimate of drug-likeness (QED) is 0.562. The van der Waals surface area contributed by atoms with Crippen LogP contribution >= 0.6 is 0 Å². The van der Waals surface area contributed by atoms with Gasteiger partial charge in [0, 0.05) is 68.2 Å². The van der Waals surface area contributed by atoms with Gasteiger partial charge in [-0.3, -0.25) is 19.2 Å². The van der Waals surface area contributed by atoms with Crippen LogP contribution in [0.25, 0.3) is 5.65 Å². The molecule has 4 heterocycles. The molecule has 3 aromatic rings. The van der Waals surface area contributed by atoms with E-state index in [1.54, 1.807) is 17.7 Å². The van der Waals surface area contributed by atoms with Crippen molar-refractivity contribution in [2.45, 2.75) is 70.5 Å². The second-order valence-electron chi connectivity index (χ2n) is 9.87. The third-order valence-electron chi connectivity index (χ3n) is 7.58. The minimum atomic E-state index is -0.0659. The van der Waals surface area contributed by atoms with Gasteiger partial charge in [-0.2, -0.15) is 10.4 Å². The zero-order valence-corrected chi connectivity index (χ0v) is 20.5. The van der Waals surface area contributed by atoms with Gasteiger partial charge in [-0.25, -0.2) is 4.52 Å². The molecule has 1 aliphatic carbocycles. The Morgan fingerprint density at radius 2 is 2.03 bits per heavy atom. The van der Waals surface area contributed by atoms with Gasteiger partial charge in [-0.05, 0) is 44.7 Å². The summed E-state index contributed by atoms with van der Waals surface area (Å²) in [6.07, 6.45) is 5.83. The third kappa shape index (κ3) is 3.98.